The van der Waals surface area contributed by atoms with Crippen molar-refractivity contribution in [3.05, 3.63) is 122 Å². The highest BCUT2D eigenvalue weighted by Crippen LogP contribution is 2.17. The first-order valence-electron chi connectivity index (χ1n) is 34.0. The molecule has 6 nitrogen and oxygen atoms in total. The standard InChI is InChI=1S/C75H126O6/c1-4-7-10-13-16-19-21-23-25-27-29-30-31-32-33-34-35-36-37-38-39-40-41-42-43-44-46-47-49-51-53-56-59-62-65-68-74(77)80-71-72(70-79-73(76)67-64-61-58-55-18-15-12-9-6-3)81-75(78)69-66-63-60-57-54-52-50-48-45-28-26-24-22-20-17-14-11-8-5-2/h7,10,16,19,23,25,29-30,32-33,35-36,38-39,41-42,44,46,49,51,72H,4-6,8-9,11-15,17-18,20-22,24,26-28,31,34,37,40,43,45,47-48,50,52-71H2,1-3H3/b10-7-,19-16-,25-23-,30-29-,33-32-,36-35-,39-38-,42-41-,46-44-,51-49-. The summed E-state index contributed by atoms with van der Waals surface area (Å²) in [5.74, 6) is -0.902. The molecule has 1 atom stereocenters. The molecule has 0 aromatic rings. The number of rotatable bonds is 61. The molecule has 0 saturated carbocycles. The van der Waals surface area contributed by atoms with E-state index in [1.807, 2.05) is 0 Å². The number of hydrogen-bond donors (Lipinski definition) is 0. The lowest BCUT2D eigenvalue weighted by Crippen LogP contribution is -2.30. The van der Waals surface area contributed by atoms with E-state index in [2.05, 4.69) is 142 Å². The minimum Gasteiger partial charge on any atom is -0.462 e. The van der Waals surface area contributed by atoms with Gasteiger partial charge in [-0.15, -0.1) is 0 Å². The van der Waals surface area contributed by atoms with Crippen LogP contribution in [0, 0.1) is 0 Å². The molecule has 0 radical (unpaired) electrons. The van der Waals surface area contributed by atoms with Crippen molar-refractivity contribution in [1.29, 1.82) is 0 Å². The smallest absolute Gasteiger partial charge is 0.306 e. The molecule has 0 rings (SSSR count). The Morgan fingerprint density at radius 2 is 0.481 bits per heavy atom. The van der Waals surface area contributed by atoms with Crippen molar-refractivity contribution < 1.29 is 28.6 Å². The van der Waals surface area contributed by atoms with Crippen LogP contribution >= 0.6 is 0 Å². The number of hydrogen-bond acceptors (Lipinski definition) is 6. The highest BCUT2D eigenvalue weighted by Gasteiger charge is 2.19. The van der Waals surface area contributed by atoms with Crippen molar-refractivity contribution in [2.24, 2.45) is 0 Å². The molecule has 0 heterocycles. The van der Waals surface area contributed by atoms with E-state index in [0.29, 0.717) is 19.3 Å². The SMILES string of the molecule is CC/C=C\C/C=C\C/C=C\C/C=C\C/C=C\C/C=C\C/C=C\C/C=C\C/C=C\C/C=C\CCCCCCC(=O)OCC(COC(=O)CCCCCCCCCCC)OC(=O)CCCCCCCCCCCCCCCCCCCCC. The first kappa shape index (κ1) is 76.8. The first-order valence-corrected chi connectivity index (χ1v) is 34.0. The lowest BCUT2D eigenvalue weighted by Gasteiger charge is -2.18. The zero-order valence-corrected chi connectivity index (χ0v) is 53.0. The summed E-state index contributed by atoms with van der Waals surface area (Å²) in [6, 6.07) is 0. The summed E-state index contributed by atoms with van der Waals surface area (Å²) < 4.78 is 16.9. The number of esters is 3. The van der Waals surface area contributed by atoms with E-state index in [9.17, 15) is 14.4 Å². The van der Waals surface area contributed by atoms with Crippen LogP contribution in [0.25, 0.3) is 0 Å². The molecule has 0 fully saturated rings. The number of carbonyl (C=O) groups excluding carboxylic acids is 3. The largest absolute Gasteiger partial charge is 0.462 e. The molecular formula is C75H126O6. The van der Waals surface area contributed by atoms with Crippen LogP contribution in [0.1, 0.15) is 316 Å². The molecule has 0 aliphatic carbocycles. The maximum Gasteiger partial charge on any atom is 0.306 e. The van der Waals surface area contributed by atoms with Gasteiger partial charge in [0.25, 0.3) is 0 Å². The van der Waals surface area contributed by atoms with Crippen LogP contribution in [0.3, 0.4) is 0 Å². The van der Waals surface area contributed by atoms with Crippen LogP contribution in [0.2, 0.25) is 0 Å². The van der Waals surface area contributed by atoms with E-state index in [1.54, 1.807) is 0 Å². The van der Waals surface area contributed by atoms with E-state index in [4.69, 9.17) is 14.2 Å². The molecule has 0 aliphatic heterocycles. The van der Waals surface area contributed by atoms with E-state index in [0.717, 1.165) is 135 Å². The third kappa shape index (κ3) is 66.5. The fourth-order valence-electron chi connectivity index (χ4n) is 9.41. The van der Waals surface area contributed by atoms with Crippen LogP contribution in [0.4, 0.5) is 0 Å². The summed E-state index contributed by atoms with van der Waals surface area (Å²) in [6.45, 7) is 6.51. The Morgan fingerprint density at radius 3 is 0.753 bits per heavy atom. The third-order valence-corrected chi connectivity index (χ3v) is 14.5. The summed E-state index contributed by atoms with van der Waals surface area (Å²) >= 11 is 0. The van der Waals surface area contributed by atoms with Gasteiger partial charge < -0.3 is 14.2 Å². The Morgan fingerprint density at radius 1 is 0.259 bits per heavy atom. The number of unbranched alkanes of at least 4 members (excludes halogenated alkanes) is 30. The molecule has 0 amide bonds. The van der Waals surface area contributed by atoms with E-state index >= 15 is 0 Å². The normalized spacial score (nSPS) is 12.9. The van der Waals surface area contributed by atoms with Gasteiger partial charge in [0.1, 0.15) is 13.2 Å². The topological polar surface area (TPSA) is 78.9 Å². The molecule has 0 spiro atoms. The molecule has 0 saturated heterocycles. The van der Waals surface area contributed by atoms with Crippen molar-refractivity contribution in [3.63, 3.8) is 0 Å². The predicted octanol–water partition coefficient (Wildman–Crippen LogP) is 23.6. The molecule has 6 heteroatoms. The van der Waals surface area contributed by atoms with Crippen molar-refractivity contribution >= 4 is 17.9 Å². The molecule has 81 heavy (non-hydrogen) atoms. The number of allylic oxidation sites excluding steroid dienone is 20. The van der Waals surface area contributed by atoms with Gasteiger partial charge in [-0.2, -0.15) is 0 Å². The van der Waals surface area contributed by atoms with E-state index in [-0.39, 0.29) is 31.1 Å². The Balaban J connectivity index is 4.24. The summed E-state index contributed by atoms with van der Waals surface area (Å²) in [4.78, 5) is 38.2. The van der Waals surface area contributed by atoms with Gasteiger partial charge in [0.2, 0.25) is 0 Å². The number of ether oxygens (including phenoxy) is 3. The number of carbonyl (C=O) groups is 3. The van der Waals surface area contributed by atoms with Crippen molar-refractivity contribution in [2.75, 3.05) is 13.2 Å². The molecule has 0 aliphatic rings. The van der Waals surface area contributed by atoms with Crippen LogP contribution in [0.15, 0.2) is 122 Å². The van der Waals surface area contributed by atoms with Gasteiger partial charge in [-0.3, -0.25) is 14.4 Å². The fourth-order valence-corrected chi connectivity index (χ4v) is 9.41. The van der Waals surface area contributed by atoms with Crippen molar-refractivity contribution in [2.45, 2.75) is 322 Å². The summed E-state index contributed by atoms with van der Waals surface area (Å²) in [6.07, 6.45) is 95.1. The average molecular weight is 1120 g/mol. The van der Waals surface area contributed by atoms with E-state index in [1.165, 1.54) is 141 Å². The summed E-state index contributed by atoms with van der Waals surface area (Å²) in [5.41, 5.74) is 0. The summed E-state index contributed by atoms with van der Waals surface area (Å²) in [7, 11) is 0. The van der Waals surface area contributed by atoms with Gasteiger partial charge in [-0.25, -0.2) is 0 Å². The lowest BCUT2D eigenvalue weighted by atomic mass is 10.0. The maximum atomic E-state index is 12.9. The van der Waals surface area contributed by atoms with Crippen LogP contribution in [-0.2, 0) is 28.6 Å². The minimum atomic E-state index is -0.787. The van der Waals surface area contributed by atoms with Gasteiger partial charge in [0.15, 0.2) is 6.10 Å². The second kappa shape index (κ2) is 68.3. The average Bonchev–Trinajstić information content (AvgIpc) is 3.47. The zero-order chi connectivity index (χ0) is 58.5. The maximum absolute atomic E-state index is 12.9. The van der Waals surface area contributed by atoms with Crippen molar-refractivity contribution in [1.82, 2.24) is 0 Å². The third-order valence-electron chi connectivity index (χ3n) is 14.5. The van der Waals surface area contributed by atoms with Crippen molar-refractivity contribution in [3.8, 4) is 0 Å². The van der Waals surface area contributed by atoms with Crippen LogP contribution < -0.4 is 0 Å². The fraction of sp³-hybridized carbons (Fsp3) is 0.693. The first-order chi connectivity index (χ1) is 40.0. The highest BCUT2D eigenvalue weighted by atomic mass is 16.6. The molecule has 0 bridgehead atoms. The van der Waals surface area contributed by atoms with Gasteiger partial charge in [-0.1, -0.05) is 322 Å². The second-order valence-electron chi connectivity index (χ2n) is 22.4. The van der Waals surface area contributed by atoms with Gasteiger partial charge >= 0.3 is 17.9 Å². The minimum absolute atomic E-state index is 0.0834. The predicted molar refractivity (Wildman–Crippen MR) is 353 cm³/mol. The van der Waals surface area contributed by atoms with E-state index < -0.39 is 6.10 Å². The Labute approximate surface area is 501 Å². The second-order valence-corrected chi connectivity index (χ2v) is 22.4. The monoisotopic (exact) mass is 1120 g/mol. The molecule has 0 aromatic carbocycles. The van der Waals surface area contributed by atoms with Gasteiger partial charge in [0, 0.05) is 19.3 Å². The molecule has 1 unspecified atom stereocenters. The van der Waals surface area contributed by atoms with Gasteiger partial charge in [0.05, 0.1) is 0 Å². The van der Waals surface area contributed by atoms with Crippen LogP contribution in [0.5, 0.6) is 0 Å². The Hall–Kier alpha value is -4.19. The molecule has 462 valence electrons. The Bertz CT molecular complexity index is 1670. The quantitative estimate of drug-likeness (QED) is 0.0261. The van der Waals surface area contributed by atoms with Crippen LogP contribution in [-0.4, -0.2) is 37.2 Å². The highest BCUT2D eigenvalue weighted by molar-refractivity contribution is 5.71. The lowest BCUT2D eigenvalue weighted by molar-refractivity contribution is -0.167. The summed E-state index contributed by atoms with van der Waals surface area (Å²) in [5, 5.41) is 0. The Kier molecular flexibility index (Phi) is 64.8. The molecular weight excluding hydrogens is 997 g/mol. The van der Waals surface area contributed by atoms with Gasteiger partial charge in [-0.05, 0) is 96.3 Å². The molecule has 0 N–H and O–H groups in total. The zero-order valence-electron chi connectivity index (χ0n) is 53.0. The molecule has 0 aromatic heterocycles.